The zero-order chi connectivity index (χ0) is 19.3. The lowest BCUT2D eigenvalue weighted by molar-refractivity contribution is -0.143. The Labute approximate surface area is 157 Å². The van der Waals surface area contributed by atoms with Crippen LogP contribution in [0.5, 0.6) is 0 Å². The maximum atomic E-state index is 12.8. The number of allylic oxidation sites excluding steroid dienone is 2. The molecule has 1 aromatic carbocycles. The number of nitrogens with two attached hydrogens (primary N) is 1. The van der Waals surface area contributed by atoms with E-state index < -0.39 is 11.9 Å². The first-order valence-electron chi connectivity index (χ1n) is 8.20. The van der Waals surface area contributed by atoms with E-state index in [2.05, 4.69) is 5.32 Å². The summed E-state index contributed by atoms with van der Waals surface area (Å²) in [5, 5.41) is 3.26. The normalized spacial score (nSPS) is 16.9. The highest BCUT2D eigenvalue weighted by Crippen LogP contribution is 2.41. The second kappa shape index (κ2) is 8.61. The molecular weight excluding hydrogens is 356 g/mol. The number of esters is 1. The Kier molecular flexibility index (Phi) is 6.50. The summed E-state index contributed by atoms with van der Waals surface area (Å²) >= 11 is 6.37. The monoisotopic (exact) mass is 376 g/mol. The zero-order valence-electron chi connectivity index (χ0n) is 14.8. The van der Waals surface area contributed by atoms with Crippen molar-refractivity contribution in [1.82, 2.24) is 5.32 Å². The van der Waals surface area contributed by atoms with E-state index in [1.807, 2.05) is 0 Å². The summed E-state index contributed by atoms with van der Waals surface area (Å²) < 4.78 is 11.1. The largest absolute Gasteiger partial charge is 0.493 e. The van der Waals surface area contributed by atoms with E-state index in [-0.39, 0.29) is 23.2 Å². The van der Waals surface area contributed by atoms with E-state index in [0.29, 0.717) is 23.0 Å². The number of hydrogen-bond acceptors (Lipinski definition) is 6. The van der Waals surface area contributed by atoms with E-state index in [1.54, 1.807) is 51.0 Å². The molecule has 0 aliphatic carbocycles. The molecule has 138 valence electrons. The molecule has 3 N–H and O–H groups in total. The van der Waals surface area contributed by atoms with Gasteiger partial charge in [0.1, 0.15) is 17.5 Å². The number of ether oxygens (including phenoxy) is 2. The number of nitrogens with one attached hydrogen (secondary N) is 1. The van der Waals surface area contributed by atoms with Crippen LogP contribution in [0.4, 0.5) is 0 Å². The molecule has 0 radical (unpaired) electrons. The van der Waals surface area contributed by atoms with Crippen molar-refractivity contribution in [1.29, 1.82) is 0 Å². The summed E-state index contributed by atoms with van der Waals surface area (Å²) in [6.07, 6.45) is 0.762. The molecule has 0 aromatic heterocycles. The van der Waals surface area contributed by atoms with Crippen LogP contribution >= 0.6 is 11.6 Å². The van der Waals surface area contributed by atoms with Crippen LogP contribution in [0.25, 0.3) is 0 Å². The van der Waals surface area contributed by atoms with Crippen LogP contribution in [0.3, 0.4) is 0 Å². The second-order valence-electron chi connectivity index (χ2n) is 5.83. The first-order chi connectivity index (χ1) is 12.4. The molecule has 1 aromatic rings. The van der Waals surface area contributed by atoms with Crippen LogP contribution in [0.15, 0.2) is 53.2 Å². The van der Waals surface area contributed by atoms with E-state index in [0.717, 1.165) is 6.08 Å². The molecule has 7 heteroatoms. The Morgan fingerprint density at radius 3 is 2.69 bits per heavy atom. The summed E-state index contributed by atoms with van der Waals surface area (Å²) in [6.45, 7) is 5.62. The van der Waals surface area contributed by atoms with Crippen LogP contribution in [-0.4, -0.2) is 24.6 Å². The molecule has 1 unspecified atom stereocenters. The number of hydrogen-bond donors (Lipinski definition) is 2. The van der Waals surface area contributed by atoms with Gasteiger partial charge in [0.05, 0.1) is 29.9 Å². The molecule has 0 fully saturated rings. The summed E-state index contributed by atoms with van der Waals surface area (Å²) in [7, 11) is 0. The molecule has 2 rings (SSSR count). The number of carbonyl (C=O) groups is 1. The molecular formula is C19H21ClN2O4. The zero-order valence-corrected chi connectivity index (χ0v) is 15.6. The van der Waals surface area contributed by atoms with Crippen LogP contribution in [0, 0.1) is 0 Å². The van der Waals surface area contributed by atoms with Gasteiger partial charge < -0.3 is 20.5 Å². The average Bonchev–Trinajstić information content (AvgIpc) is 2.57. The first-order valence-corrected chi connectivity index (χ1v) is 8.58. The van der Waals surface area contributed by atoms with E-state index in [1.165, 1.54) is 0 Å². The highest BCUT2D eigenvalue weighted by molar-refractivity contribution is 6.31. The van der Waals surface area contributed by atoms with Crippen molar-refractivity contribution in [2.45, 2.75) is 32.8 Å². The number of rotatable bonds is 6. The molecule has 0 saturated heterocycles. The van der Waals surface area contributed by atoms with Crippen molar-refractivity contribution in [2.75, 3.05) is 6.61 Å². The van der Waals surface area contributed by atoms with Crippen LogP contribution in [0.1, 0.15) is 32.3 Å². The molecule has 0 amide bonds. The fourth-order valence-corrected chi connectivity index (χ4v) is 2.96. The Morgan fingerprint density at radius 2 is 2.12 bits per heavy atom. The van der Waals surface area contributed by atoms with Crippen molar-refractivity contribution >= 4 is 23.5 Å². The van der Waals surface area contributed by atoms with Gasteiger partial charge in [-0.05, 0) is 32.4 Å². The quantitative estimate of drug-likeness (QED) is 0.586. The third-order valence-electron chi connectivity index (χ3n) is 3.66. The smallest absolute Gasteiger partial charge is 0.337 e. The number of benzene rings is 1. The van der Waals surface area contributed by atoms with Crippen molar-refractivity contribution in [3.05, 3.63) is 63.8 Å². The molecule has 1 heterocycles. The van der Waals surface area contributed by atoms with Gasteiger partial charge in [-0.1, -0.05) is 29.8 Å². The van der Waals surface area contributed by atoms with Crippen molar-refractivity contribution in [3.63, 3.8) is 0 Å². The number of dihydropyridines is 1. The van der Waals surface area contributed by atoms with Gasteiger partial charge in [0.15, 0.2) is 0 Å². The highest BCUT2D eigenvalue weighted by atomic mass is 35.5. The van der Waals surface area contributed by atoms with Gasteiger partial charge in [-0.15, -0.1) is 0 Å². The molecule has 26 heavy (non-hydrogen) atoms. The van der Waals surface area contributed by atoms with Gasteiger partial charge in [-0.3, -0.25) is 0 Å². The Balaban J connectivity index is 2.72. The van der Waals surface area contributed by atoms with Gasteiger partial charge >= 0.3 is 5.97 Å². The average molecular weight is 377 g/mol. The molecule has 0 saturated carbocycles. The van der Waals surface area contributed by atoms with Gasteiger partial charge in [-0.25, -0.2) is 9.59 Å². The van der Waals surface area contributed by atoms with Gasteiger partial charge in [0.25, 0.3) is 0 Å². The maximum absolute atomic E-state index is 12.8. The topological polar surface area (TPSA) is 90.6 Å². The van der Waals surface area contributed by atoms with Gasteiger partial charge in [0, 0.05) is 11.1 Å². The molecule has 0 bridgehead atoms. The van der Waals surface area contributed by atoms with Gasteiger partial charge in [0.2, 0.25) is 0 Å². The lowest BCUT2D eigenvalue weighted by Crippen LogP contribution is -2.35. The maximum Gasteiger partial charge on any atom is 0.337 e. The predicted octanol–water partition coefficient (Wildman–Crippen LogP) is 2.78. The van der Waals surface area contributed by atoms with E-state index in [4.69, 9.17) is 26.8 Å². The van der Waals surface area contributed by atoms with Crippen LogP contribution in [-0.2, 0) is 19.1 Å². The van der Waals surface area contributed by atoms with Crippen LogP contribution < -0.4 is 11.1 Å². The third-order valence-corrected chi connectivity index (χ3v) is 4.00. The van der Waals surface area contributed by atoms with Crippen molar-refractivity contribution < 1.29 is 19.1 Å². The minimum atomic E-state index is -0.712. The summed E-state index contributed by atoms with van der Waals surface area (Å²) in [4.78, 5) is 23.8. The Hall–Kier alpha value is -2.69. The lowest BCUT2D eigenvalue weighted by atomic mass is 9.85. The van der Waals surface area contributed by atoms with E-state index >= 15 is 0 Å². The Bertz CT molecular complexity index is 808. The molecule has 1 atom stereocenters. The Morgan fingerprint density at radius 1 is 1.42 bits per heavy atom. The number of carbonyl (C=O) groups excluding carboxylic acids is 2. The summed E-state index contributed by atoms with van der Waals surface area (Å²) in [6, 6.07) is 7.06. The minimum Gasteiger partial charge on any atom is -0.493 e. The standard InChI is InChI=1S/C19H21ClN2O4/c1-4-25-17-15(12-7-5-6-8-13(12)20)16(19(24)26-11(2)3)14(9-10-23)22-18(17)21/h5-9,11,15,22H,4,21H2,1-3H3. The van der Waals surface area contributed by atoms with Gasteiger partial charge in [-0.2, -0.15) is 0 Å². The second-order valence-corrected chi connectivity index (χ2v) is 6.24. The predicted molar refractivity (Wildman–Crippen MR) is 98.7 cm³/mol. The molecule has 1 aliphatic heterocycles. The van der Waals surface area contributed by atoms with Crippen molar-refractivity contribution in [2.24, 2.45) is 5.73 Å². The molecule has 1 aliphatic rings. The molecule has 0 spiro atoms. The highest BCUT2D eigenvalue weighted by Gasteiger charge is 2.37. The summed E-state index contributed by atoms with van der Waals surface area (Å²) in [5.41, 5.74) is 7.10. The fraction of sp³-hybridized carbons (Fsp3) is 0.316. The number of halogens is 1. The first kappa shape index (κ1) is 19.6. The minimum absolute atomic E-state index is 0.188. The molecule has 6 nitrogen and oxygen atoms in total. The lowest BCUT2D eigenvalue weighted by Gasteiger charge is -2.31. The third kappa shape index (κ3) is 4.10. The fourth-order valence-electron chi connectivity index (χ4n) is 2.72. The van der Waals surface area contributed by atoms with Crippen LogP contribution in [0.2, 0.25) is 5.02 Å². The van der Waals surface area contributed by atoms with Crippen molar-refractivity contribution in [3.8, 4) is 0 Å². The summed E-state index contributed by atoms with van der Waals surface area (Å²) in [5.74, 6) is 0.909. The van der Waals surface area contributed by atoms with E-state index in [9.17, 15) is 9.59 Å². The SMILES string of the molecule is CCOC1=C(N)NC(C=C=O)=C(C(=O)OC(C)C)C1c1ccccc1Cl.